The van der Waals surface area contributed by atoms with Gasteiger partial charge in [-0.15, -0.1) is 0 Å². The molecule has 0 unspecified atom stereocenters. The minimum atomic E-state index is -0.549. The fourth-order valence-electron chi connectivity index (χ4n) is 5.65. The number of piperidine rings is 1. The summed E-state index contributed by atoms with van der Waals surface area (Å²) in [4.78, 5) is 36.1. The molecular weight excluding hydrogens is 412 g/mol. The van der Waals surface area contributed by atoms with Gasteiger partial charge in [-0.2, -0.15) is 0 Å². The molecule has 1 aromatic carbocycles. The third-order valence-corrected chi connectivity index (χ3v) is 7.89. The Morgan fingerprint density at radius 2 is 1.97 bits per heavy atom. The van der Waals surface area contributed by atoms with Gasteiger partial charge < -0.3 is 14.4 Å². The Balaban J connectivity index is 1.43. The van der Waals surface area contributed by atoms with Crippen LogP contribution in [0, 0.1) is 18.3 Å². The number of likely N-dealkylation sites (tertiary alicyclic amines) is 2. The standard InChI is InChI=1S/C27H36N4O2/c1-19(2)31-16-24(28-18-31)23-15-30(25(32)13-21-7-5-20(3)6-8-21)17-27(23)11-4-12-29(26(27)33)14-22-9-10-22/h5-8,16,18-19,22-23H,4,9-15,17H2,1-3H3/t23-,27+/m1/s1. The molecule has 1 aliphatic carbocycles. The molecule has 33 heavy (non-hydrogen) atoms. The molecule has 3 aliphatic rings. The van der Waals surface area contributed by atoms with Crippen molar-refractivity contribution in [1.82, 2.24) is 19.4 Å². The fourth-order valence-corrected chi connectivity index (χ4v) is 5.65. The number of rotatable bonds is 6. The van der Waals surface area contributed by atoms with Gasteiger partial charge in [0.05, 0.1) is 23.9 Å². The van der Waals surface area contributed by atoms with Gasteiger partial charge in [-0.3, -0.25) is 9.59 Å². The van der Waals surface area contributed by atoms with Crippen molar-refractivity contribution in [2.45, 2.75) is 64.8 Å². The monoisotopic (exact) mass is 448 g/mol. The van der Waals surface area contributed by atoms with Gasteiger partial charge >= 0.3 is 0 Å². The van der Waals surface area contributed by atoms with E-state index in [1.165, 1.54) is 18.4 Å². The van der Waals surface area contributed by atoms with E-state index in [-0.39, 0.29) is 17.7 Å². The lowest BCUT2D eigenvalue weighted by atomic mass is 9.70. The highest BCUT2D eigenvalue weighted by Gasteiger charge is 2.57. The van der Waals surface area contributed by atoms with Gasteiger partial charge in [0.15, 0.2) is 0 Å². The Kier molecular flexibility index (Phi) is 5.79. The molecule has 176 valence electrons. The van der Waals surface area contributed by atoms with Crippen LogP contribution in [0.2, 0.25) is 0 Å². The van der Waals surface area contributed by atoms with Gasteiger partial charge in [-0.05, 0) is 57.9 Å². The van der Waals surface area contributed by atoms with E-state index in [4.69, 9.17) is 4.98 Å². The molecule has 0 N–H and O–H groups in total. The van der Waals surface area contributed by atoms with Crippen LogP contribution in [-0.2, 0) is 16.0 Å². The van der Waals surface area contributed by atoms with Crippen molar-refractivity contribution in [3.05, 3.63) is 53.6 Å². The lowest BCUT2D eigenvalue weighted by Gasteiger charge is -2.42. The van der Waals surface area contributed by atoms with Crippen LogP contribution in [0.1, 0.15) is 68.3 Å². The first-order valence-electron chi connectivity index (χ1n) is 12.5. The lowest BCUT2D eigenvalue weighted by Crippen LogP contribution is -2.53. The Hall–Kier alpha value is -2.63. The summed E-state index contributed by atoms with van der Waals surface area (Å²) in [5.74, 6) is 0.976. The molecule has 2 aromatic rings. The quantitative estimate of drug-likeness (QED) is 0.672. The van der Waals surface area contributed by atoms with Crippen molar-refractivity contribution < 1.29 is 9.59 Å². The molecule has 0 radical (unpaired) electrons. The summed E-state index contributed by atoms with van der Waals surface area (Å²) in [6, 6.07) is 8.48. The molecule has 3 heterocycles. The SMILES string of the molecule is Cc1ccc(CC(=O)N2C[C@H](c3cn(C(C)C)cn3)[C@]3(CCCN(CC4CC4)C3=O)C2)cc1. The average molecular weight is 449 g/mol. The van der Waals surface area contributed by atoms with E-state index in [1.807, 2.05) is 23.4 Å². The van der Waals surface area contributed by atoms with E-state index in [1.54, 1.807) is 0 Å². The molecule has 2 saturated heterocycles. The van der Waals surface area contributed by atoms with Crippen molar-refractivity contribution in [1.29, 1.82) is 0 Å². The molecular formula is C27H36N4O2. The Bertz CT molecular complexity index is 1020. The number of carbonyl (C=O) groups is 2. The minimum Gasteiger partial charge on any atom is -0.342 e. The van der Waals surface area contributed by atoms with Crippen LogP contribution in [0.25, 0.3) is 0 Å². The topological polar surface area (TPSA) is 58.4 Å². The third kappa shape index (κ3) is 4.32. The molecule has 2 atom stereocenters. The molecule has 6 nitrogen and oxygen atoms in total. The van der Waals surface area contributed by atoms with Crippen LogP contribution >= 0.6 is 0 Å². The molecule has 2 amide bonds. The first kappa shape index (κ1) is 22.2. The summed E-state index contributed by atoms with van der Waals surface area (Å²) < 4.78 is 2.11. The van der Waals surface area contributed by atoms with Crippen LogP contribution < -0.4 is 0 Å². The van der Waals surface area contributed by atoms with Gasteiger partial charge in [0.25, 0.3) is 0 Å². The summed E-state index contributed by atoms with van der Waals surface area (Å²) in [5, 5.41) is 0. The second kappa shape index (κ2) is 8.62. The van der Waals surface area contributed by atoms with Gasteiger partial charge in [0, 0.05) is 44.3 Å². The normalized spacial score (nSPS) is 25.5. The lowest BCUT2D eigenvalue weighted by molar-refractivity contribution is -0.147. The molecule has 1 saturated carbocycles. The number of aromatic nitrogens is 2. The highest BCUT2D eigenvalue weighted by Crippen LogP contribution is 2.49. The zero-order valence-corrected chi connectivity index (χ0v) is 20.2. The molecule has 3 fully saturated rings. The van der Waals surface area contributed by atoms with Gasteiger partial charge in [0.1, 0.15) is 0 Å². The van der Waals surface area contributed by atoms with Crippen LogP contribution in [0.5, 0.6) is 0 Å². The second-order valence-corrected chi connectivity index (χ2v) is 10.8. The summed E-state index contributed by atoms with van der Waals surface area (Å²) in [6.45, 7) is 9.14. The number of benzene rings is 1. The Morgan fingerprint density at radius 1 is 1.21 bits per heavy atom. The summed E-state index contributed by atoms with van der Waals surface area (Å²) in [7, 11) is 0. The minimum absolute atomic E-state index is 0.0472. The van der Waals surface area contributed by atoms with E-state index >= 15 is 0 Å². The Morgan fingerprint density at radius 3 is 2.64 bits per heavy atom. The van der Waals surface area contributed by atoms with E-state index in [9.17, 15) is 9.59 Å². The number of carbonyl (C=O) groups excluding carboxylic acids is 2. The number of amides is 2. The molecule has 1 aromatic heterocycles. The number of hydrogen-bond acceptors (Lipinski definition) is 3. The first-order chi connectivity index (χ1) is 15.9. The predicted molar refractivity (Wildman–Crippen MR) is 128 cm³/mol. The maximum absolute atomic E-state index is 14.0. The summed E-state index contributed by atoms with van der Waals surface area (Å²) in [5.41, 5.74) is 2.62. The molecule has 5 rings (SSSR count). The smallest absolute Gasteiger partial charge is 0.231 e. The van der Waals surface area contributed by atoms with Crippen LogP contribution in [0.4, 0.5) is 0 Å². The summed E-state index contributed by atoms with van der Waals surface area (Å²) >= 11 is 0. The maximum Gasteiger partial charge on any atom is 0.231 e. The second-order valence-electron chi connectivity index (χ2n) is 10.8. The largest absolute Gasteiger partial charge is 0.342 e. The van der Waals surface area contributed by atoms with E-state index < -0.39 is 5.41 Å². The Labute approximate surface area is 197 Å². The zero-order chi connectivity index (χ0) is 23.2. The van der Waals surface area contributed by atoms with Gasteiger partial charge in [-0.25, -0.2) is 4.98 Å². The van der Waals surface area contributed by atoms with Gasteiger partial charge in [-0.1, -0.05) is 29.8 Å². The molecule has 2 aliphatic heterocycles. The van der Waals surface area contributed by atoms with Gasteiger partial charge in [0.2, 0.25) is 11.8 Å². The molecule has 6 heteroatoms. The number of hydrogen-bond donors (Lipinski definition) is 0. The van der Waals surface area contributed by atoms with Crippen molar-refractivity contribution >= 4 is 11.8 Å². The van der Waals surface area contributed by atoms with Crippen LogP contribution in [0.15, 0.2) is 36.8 Å². The van der Waals surface area contributed by atoms with E-state index in [0.29, 0.717) is 31.5 Å². The van der Waals surface area contributed by atoms with Crippen molar-refractivity contribution in [3.63, 3.8) is 0 Å². The van der Waals surface area contributed by atoms with Crippen molar-refractivity contribution in [3.8, 4) is 0 Å². The summed E-state index contributed by atoms with van der Waals surface area (Å²) in [6.07, 6.45) is 8.65. The third-order valence-electron chi connectivity index (χ3n) is 7.89. The van der Waals surface area contributed by atoms with Crippen LogP contribution in [-0.4, -0.2) is 57.3 Å². The maximum atomic E-state index is 14.0. The number of aryl methyl sites for hydroxylation is 1. The van der Waals surface area contributed by atoms with E-state index in [2.05, 4.69) is 48.6 Å². The highest BCUT2D eigenvalue weighted by molar-refractivity contribution is 5.88. The molecule has 1 spiro atoms. The predicted octanol–water partition coefficient (Wildman–Crippen LogP) is 3.96. The van der Waals surface area contributed by atoms with Crippen molar-refractivity contribution in [2.24, 2.45) is 11.3 Å². The van der Waals surface area contributed by atoms with E-state index in [0.717, 1.165) is 37.2 Å². The number of imidazole rings is 1. The van der Waals surface area contributed by atoms with Crippen LogP contribution in [0.3, 0.4) is 0 Å². The average Bonchev–Trinajstić information content (AvgIpc) is 3.32. The first-order valence-corrected chi connectivity index (χ1v) is 12.5. The molecule has 0 bridgehead atoms. The zero-order valence-electron chi connectivity index (χ0n) is 20.2. The van der Waals surface area contributed by atoms with Crippen molar-refractivity contribution in [2.75, 3.05) is 26.2 Å². The fraction of sp³-hybridized carbons (Fsp3) is 0.593. The number of nitrogens with zero attached hydrogens (tertiary/aromatic N) is 4. The highest BCUT2D eigenvalue weighted by atomic mass is 16.2.